The third-order valence-corrected chi connectivity index (χ3v) is 8.25. The minimum Gasteiger partial charge on any atom is -0.350 e. The molecule has 0 spiro atoms. The van der Waals surface area contributed by atoms with Crippen LogP contribution in [-0.4, -0.2) is 81.3 Å². The number of carbonyl (C=O) groups is 1. The molecule has 4 heterocycles. The van der Waals surface area contributed by atoms with Crippen LogP contribution in [0, 0.1) is 5.41 Å². The summed E-state index contributed by atoms with van der Waals surface area (Å²) in [6, 6.07) is 5.31. The fourth-order valence-corrected chi connectivity index (χ4v) is 6.11. The Morgan fingerprint density at radius 1 is 1.14 bits per heavy atom. The highest BCUT2D eigenvalue weighted by Gasteiger charge is 2.39. The summed E-state index contributed by atoms with van der Waals surface area (Å²) in [6.45, 7) is 8.19. The molecule has 9 heteroatoms. The maximum atomic E-state index is 13.7. The van der Waals surface area contributed by atoms with Gasteiger partial charge in [-0.3, -0.25) is 14.3 Å². The quantitative estimate of drug-likeness (QED) is 0.469. The lowest BCUT2D eigenvalue weighted by molar-refractivity contribution is 0.00925. The Balaban J connectivity index is 1.44. The molecule has 0 bridgehead atoms. The second kappa shape index (κ2) is 10.7. The van der Waals surface area contributed by atoms with Crippen molar-refractivity contribution in [2.24, 2.45) is 0 Å². The van der Waals surface area contributed by atoms with Crippen LogP contribution in [0.4, 0.5) is 0 Å². The first-order valence-corrected chi connectivity index (χ1v) is 13.3. The molecular formula is C27H34ClN7O. The van der Waals surface area contributed by atoms with E-state index in [1.165, 1.54) is 25.5 Å². The van der Waals surface area contributed by atoms with Crippen molar-refractivity contribution in [3.63, 3.8) is 0 Å². The van der Waals surface area contributed by atoms with Crippen LogP contribution in [0.3, 0.4) is 0 Å². The molecule has 1 amide bonds. The molecule has 2 N–H and O–H groups in total. The highest BCUT2D eigenvalue weighted by molar-refractivity contribution is 6.36. The number of hydrogen-bond donors (Lipinski definition) is 2. The van der Waals surface area contributed by atoms with E-state index in [0.717, 1.165) is 45.6 Å². The normalized spacial score (nSPS) is 18.8. The Hall–Kier alpha value is -2.81. The average Bonchev–Trinajstić information content (AvgIpc) is 3.33. The van der Waals surface area contributed by atoms with Crippen molar-refractivity contribution in [2.75, 3.05) is 39.3 Å². The molecule has 36 heavy (non-hydrogen) atoms. The summed E-state index contributed by atoms with van der Waals surface area (Å²) in [6.07, 6.45) is 12.2. The van der Waals surface area contributed by atoms with Gasteiger partial charge in [-0.2, -0.15) is 0 Å². The van der Waals surface area contributed by atoms with Gasteiger partial charge >= 0.3 is 0 Å². The van der Waals surface area contributed by atoms with Crippen molar-refractivity contribution in [1.82, 2.24) is 29.7 Å². The first-order chi connectivity index (χ1) is 17.6. The van der Waals surface area contributed by atoms with Crippen molar-refractivity contribution in [2.45, 2.75) is 44.6 Å². The molecule has 0 atom stereocenters. The van der Waals surface area contributed by atoms with Crippen molar-refractivity contribution in [3.05, 3.63) is 52.9 Å². The highest BCUT2D eigenvalue weighted by atomic mass is 35.5. The molecule has 1 aliphatic heterocycles. The molecule has 3 aromatic rings. The van der Waals surface area contributed by atoms with Gasteiger partial charge in [0.05, 0.1) is 16.0 Å². The minimum absolute atomic E-state index is 0.00247. The number of carbonyl (C=O) groups excluding carboxylic acids is 1. The summed E-state index contributed by atoms with van der Waals surface area (Å²) in [5.41, 5.74) is 1.67. The van der Waals surface area contributed by atoms with Crippen LogP contribution in [0.1, 0.15) is 54.9 Å². The molecule has 190 valence electrons. The smallest absolute Gasteiger partial charge is 0.253 e. The molecule has 0 radical (unpaired) electrons. The van der Waals surface area contributed by atoms with Crippen LogP contribution in [0.5, 0.6) is 0 Å². The van der Waals surface area contributed by atoms with Gasteiger partial charge in [-0.1, -0.05) is 37.8 Å². The molecule has 0 unspecified atom stereocenters. The third kappa shape index (κ3) is 4.65. The fourth-order valence-electron chi connectivity index (χ4n) is 5.86. The second-order valence-electron chi connectivity index (χ2n) is 9.85. The van der Waals surface area contributed by atoms with Gasteiger partial charge in [0, 0.05) is 68.6 Å². The Labute approximate surface area is 217 Å². The largest absolute Gasteiger partial charge is 0.350 e. The van der Waals surface area contributed by atoms with Gasteiger partial charge in [0.25, 0.3) is 5.91 Å². The number of hydrogen-bond acceptors (Lipinski definition) is 6. The van der Waals surface area contributed by atoms with Crippen LogP contribution >= 0.6 is 11.6 Å². The number of amides is 1. The van der Waals surface area contributed by atoms with Crippen LogP contribution in [-0.2, 0) is 0 Å². The van der Waals surface area contributed by atoms with E-state index in [0.29, 0.717) is 39.5 Å². The van der Waals surface area contributed by atoms with E-state index in [1.54, 1.807) is 35.3 Å². The Morgan fingerprint density at radius 2 is 1.92 bits per heavy atom. The molecule has 1 saturated heterocycles. The predicted molar refractivity (Wildman–Crippen MR) is 144 cm³/mol. The predicted octanol–water partition coefficient (Wildman–Crippen LogP) is 4.14. The van der Waals surface area contributed by atoms with Crippen LogP contribution < -0.4 is 5.32 Å². The fraction of sp³-hybridized carbons (Fsp3) is 0.481. The lowest BCUT2D eigenvalue weighted by atomic mass is 9.79. The number of fused-ring (bicyclic) bond motifs is 1. The maximum Gasteiger partial charge on any atom is 0.253 e. The van der Waals surface area contributed by atoms with E-state index in [9.17, 15) is 4.79 Å². The number of aromatic nitrogens is 3. The van der Waals surface area contributed by atoms with Crippen molar-refractivity contribution in [1.29, 1.82) is 5.41 Å². The second-order valence-corrected chi connectivity index (χ2v) is 10.3. The van der Waals surface area contributed by atoms with E-state index in [4.69, 9.17) is 17.0 Å². The van der Waals surface area contributed by atoms with Gasteiger partial charge in [-0.25, -0.2) is 9.97 Å². The Morgan fingerprint density at radius 3 is 2.64 bits per heavy atom. The number of likely N-dealkylation sites (N-methyl/N-ethyl adjacent to an activating group) is 1. The zero-order chi connectivity index (χ0) is 25.1. The SMILES string of the molecule is CCN1CCN(C2(CNC(=O)c3cn(-c4ncccc4C=N)c4nccc(Cl)c34)CCCCC2)CC1. The molecule has 3 aromatic heterocycles. The molecule has 2 aliphatic rings. The summed E-state index contributed by atoms with van der Waals surface area (Å²) < 4.78 is 1.76. The van der Waals surface area contributed by atoms with E-state index in [2.05, 4.69) is 32.0 Å². The van der Waals surface area contributed by atoms with Gasteiger partial charge in [-0.05, 0) is 37.6 Å². The topological polar surface area (TPSA) is 90.1 Å². The molecule has 1 saturated carbocycles. The molecule has 2 fully saturated rings. The lowest BCUT2D eigenvalue weighted by Gasteiger charge is -2.50. The number of nitrogens with zero attached hydrogens (tertiary/aromatic N) is 5. The number of piperazine rings is 1. The van der Waals surface area contributed by atoms with E-state index in [1.807, 2.05) is 6.07 Å². The summed E-state index contributed by atoms with van der Waals surface area (Å²) >= 11 is 6.59. The molecule has 5 rings (SSSR count). The maximum absolute atomic E-state index is 13.7. The summed E-state index contributed by atoms with van der Waals surface area (Å²) in [7, 11) is 0. The monoisotopic (exact) mass is 507 g/mol. The summed E-state index contributed by atoms with van der Waals surface area (Å²) in [5.74, 6) is 0.391. The Kier molecular flexibility index (Phi) is 7.37. The van der Waals surface area contributed by atoms with E-state index < -0.39 is 0 Å². The molecular weight excluding hydrogens is 474 g/mol. The third-order valence-electron chi connectivity index (χ3n) is 7.93. The van der Waals surface area contributed by atoms with Crippen LogP contribution in [0.25, 0.3) is 16.9 Å². The summed E-state index contributed by atoms with van der Waals surface area (Å²) in [4.78, 5) is 27.8. The standard InChI is InChI=1S/C27H34ClN7O/c1-2-33-13-15-34(16-14-33)27(9-4-3-5-10-27)19-32-26(36)21-18-35(24-20(17-29)7-6-11-30-24)25-23(21)22(28)8-12-31-25/h6-8,11-12,17-18,29H,2-5,9-10,13-16,19H2,1H3,(H,32,36). The van der Waals surface area contributed by atoms with Gasteiger partial charge in [-0.15, -0.1) is 0 Å². The molecule has 8 nitrogen and oxygen atoms in total. The minimum atomic E-state index is -0.155. The number of halogens is 1. The lowest BCUT2D eigenvalue weighted by Crippen LogP contribution is -2.61. The van der Waals surface area contributed by atoms with Crippen molar-refractivity contribution in [3.8, 4) is 5.82 Å². The van der Waals surface area contributed by atoms with Gasteiger partial charge < -0.3 is 15.6 Å². The van der Waals surface area contributed by atoms with Crippen LogP contribution in [0.15, 0.2) is 36.8 Å². The van der Waals surface area contributed by atoms with E-state index >= 15 is 0 Å². The van der Waals surface area contributed by atoms with Gasteiger partial charge in [0.15, 0.2) is 0 Å². The van der Waals surface area contributed by atoms with E-state index in [-0.39, 0.29) is 11.4 Å². The number of pyridine rings is 2. The summed E-state index contributed by atoms with van der Waals surface area (Å²) in [5, 5.41) is 12.1. The number of nitrogens with one attached hydrogen (secondary N) is 2. The zero-order valence-electron chi connectivity index (χ0n) is 20.8. The van der Waals surface area contributed by atoms with Crippen molar-refractivity contribution >= 4 is 34.8 Å². The zero-order valence-corrected chi connectivity index (χ0v) is 21.6. The first-order valence-electron chi connectivity index (χ1n) is 12.9. The van der Waals surface area contributed by atoms with Gasteiger partial charge in [0.1, 0.15) is 11.5 Å². The van der Waals surface area contributed by atoms with Gasteiger partial charge in [0.2, 0.25) is 0 Å². The average molecular weight is 508 g/mol. The van der Waals surface area contributed by atoms with Crippen LogP contribution in [0.2, 0.25) is 5.02 Å². The first kappa shape index (κ1) is 24.9. The Bertz CT molecular complexity index is 1240. The molecule has 0 aromatic carbocycles. The number of rotatable bonds is 7. The highest BCUT2D eigenvalue weighted by Crippen LogP contribution is 2.35. The molecule has 1 aliphatic carbocycles. The van der Waals surface area contributed by atoms with Crippen molar-refractivity contribution < 1.29 is 4.79 Å².